The highest BCUT2D eigenvalue weighted by atomic mass is 32.1. The topological polar surface area (TPSA) is 93.5 Å². The summed E-state index contributed by atoms with van der Waals surface area (Å²) in [6, 6.07) is 14.1. The number of rotatable bonds is 11. The van der Waals surface area contributed by atoms with Crippen LogP contribution in [-0.2, 0) is 14.5 Å². The zero-order valence-electron chi connectivity index (χ0n) is 15.3. The smallest absolute Gasteiger partial charge is 0.411 e. The third-order valence-electron chi connectivity index (χ3n) is 3.35. The normalized spacial score (nSPS) is 9.66. The van der Waals surface area contributed by atoms with Crippen LogP contribution < -0.4 is 10.6 Å². The fraction of sp³-hybridized carbons (Fsp3) is 0.211. The predicted molar refractivity (Wildman–Crippen MR) is 117 cm³/mol. The van der Waals surface area contributed by atoms with Crippen molar-refractivity contribution in [3.05, 3.63) is 48.5 Å². The average Bonchev–Trinajstić information content (AvgIpc) is 2.73. The van der Waals surface area contributed by atoms with Crippen LogP contribution in [0.25, 0.3) is 0 Å². The maximum Gasteiger partial charge on any atom is 0.411 e. The minimum Gasteiger partial charge on any atom is -0.449 e. The van der Waals surface area contributed by atoms with E-state index < -0.39 is 6.09 Å². The van der Waals surface area contributed by atoms with Crippen molar-refractivity contribution in [2.75, 3.05) is 30.6 Å². The maximum absolute atomic E-state index is 11.7. The summed E-state index contributed by atoms with van der Waals surface area (Å²) in [7, 11) is 0. The number of nitrogens with zero attached hydrogens (tertiary/aromatic N) is 2. The van der Waals surface area contributed by atoms with Crippen molar-refractivity contribution in [2.45, 2.75) is 6.42 Å². The highest BCUT2D eigenvalue weighted by molar-refractivity contribution is 7.78. The lowest BCUT2D eigenvalue weighted by molar-refractivity contribution is -0.290. The minimum atomic E-state index is -0.555. The molecule has 0 aliphatic rings. The van der Waals surface area contributed by atoms with E-state index in [1.165, 1.54) is 0 Å². The van der Waals surface area contributed by atoms with Crippen molar-refractivity contribution >= 4 is 63.6 Å². The SMILES string of the molecule is O=C(Nc1ccc(N=C=S)cc1)OCCCOOCNc1ccc(N=C=S)cc1. The molecule has 29 heavy (non-hydrogen) atoms. The summed E-state index contributed by atoms with van der Waals surface area (Å²) < 4.78 is 5.06. The highest BCUT2D eigenvalue weighted by Gasteiger charge is 2.03. The van der Waals surface area contributed by atoms with Gasteiger partial charge in [-0.3, -0.25) is 5.32 Å². The molecule has 150 valence electrons. The van der Waals surface area contributed by atoms with E-state index in [0.717, 1.165) is 11.4 Å². The van der Waals surface area contributed by atoms with Gasteiger partial charge in [0.15, 0.2) is 6.73 Å². The zero-order valence-corrected chi connectivity index (χ0v) is 16.9. The van der Waals surface area contributed by atoms with Crippen LogP contribution in [0.2, 0.25) is 0 Å². The van der Waals surface area contributed by atoms with E-state index in [4.69, 9.17) is 14.5 Å². The molecule has 0 saturated carbocycles. The zero-order chi connectivity index (χ0) is 20.7. The second kappa shape index (κ2) is 13.2. The van der Waals surface area contributed by atoms with Gasteiger partial charge in [-0.05, 0) is 73.0 Å². The summed E-state index contributed by atoms with van der Waals surface area (Å²) in [6.45, 7) is 0.639. The molecule has 2 aromatic carbocycles. The Bertz CT molecular complexity index is 878. The number of thiocarbonyl (C=S) groups is 2. The monoisotopic (exact) mass is 430 g/mol. The van der Waals surface area contributed by atoms with Crippen molar-refractivity contribution in [3.8, 4) is 0 Å². The Labute approximate surface area is 178 Å². The fourth-order valence-corrected chi connectivity index (χ4v) is 2.24. The first-order chi connectivity index (χ1) is 14.2. The van der Waals surface area contributed by atoms with Crippen molar-refractivity contribution in [1.82, 2.24) is 0 Å². The number of ether oxygens (including phenoxy) is 1. The van der Waals surface area contributed by atoms with Crippen LogP contribution in [0.5, 0.6) is 0 Å². The van der Waals surface area contributed by atoms with E-state index in [1.54, 1.807) is 36.4 Å². The van der Waals surface area contributed by atoms with Crippen LogP contribution in [0.1, 0.15) is 6.42 Å². The summed E-state index contributed by atoms with van der Waals surface area (Å²) in [5.41, 5.74) is 2.82. The van der Waals surface area contributed by atoms with E-state index in [9.17, 15) is 4.79 Å². The van der Waals surface area contributed by atoms with Gasteiger partial charge in [0.1, 0.15) is 0 Å². The summed E-state index contributed by atoms with van der Waals surface area (Å²) in [5, 5.41) is 10.2. The lowest BCUT2D eigenvalue weighted by Gasteiger charge is -2.08. The number of benzene rings is 2. The van der Waals surface area contributed by atoms with Crippen molar-refractivity contribution in [3.63, 3.8) is 0 Å². The second-order valence-electron chi connectivity index (χ2n) is 5.38. The number of carbonyl (C=O) groups is 1. The van der Waals surface area contributed by atoms with Gasteiger partial charge in [-0.25, -0.2) is 14.6 Å². The summed E-state index contributed by atoms with van der Waals surface area (Å²) in [5.74, 6) is 0. The molecule has 0 unspecified atom stereocenters. The summed E-state index contributed by atoms with van der Waals surface area (Å²) >= 11 is 9.07. The molecular weight excluding hydrogens is 412 g/mol. The molecule has 8 nitrogen and oxygen atoms in total. The molecule has 0 aromatic heterocycles. The van der Waals surface area contributed by atoms with Gasteiger partial charge in [-0.1, -0.05) is 0 Å². The average molecular weight is 431 g/mol. The van der Waals surface area contributed by atoms with Crippen LogP contribution in [0.15, 0.2) is 58.5 Å². The van der Waals surface area contributed by atoms with E-state index in [-0.39, 0.29) is 19.9 Å². The first-order valence-electron chi connectivity index (χ1n) is 8.49. The molecule has 1 amide bonds. The first-order valence-corrected chi connectivity index (χ1v) is 9.31. The van der Waals surface area contributed by atoms with Crippen molar-refractivity contribution < 1.29 is 19.3 Å². The third kappa shape index (κ3) is 9.18. The summed E-state index contributed by atoms with van der Waals surface area (Å²) in [6.07, 6.45) is -0.0693. The second-order valence-corrected chi connectivity index (χ2v) is 5.74. The number of hydrogen-bond donors (Lipinski definition) is 2. The van der Waals surface area contributed by atoms with Gasteiger partial charge >= 0.3 is 6.09 Å². The van der Waals surface area contributed by atoms with Gasteiger partial charge < -0.3 is 10.1 Å². The first kappa shape index (κ1) is 22.3. The largest absolute Gasteiger partial charge is 0.449 e. The molecule has 0 saturated heterocycles. The number of anilines is 2. The van der Waals surface area contributed by atoms with E-state index >= 15 is 0 Å². The predicted octanol–water partition coefficient (Wildman–Crippen LogP) is 5.11. The van der Waals surface area contributed by atoms with Gasteiger partial charge in [0.25, 0.3) is 0 Å². The van der Waals surface area contributed by atoms with Crippen LogP contribution in [0.4, 0.5) is 27.5 Å². The van der Waals surface area contributed by atoms with Crippen LogP contribution in [0, 0.1) is 0 Å². The molecule has 0 aliphatic heterocycles. The van der Waals surface area contributed by atoms with Crippen molar-refractivity contribution in [2.24, 2.45) is 9.98 Å². The molecule has 0 heterocycles. The number of aliphatic imine (C=N–C) groups is 2. The van der Waals surface area contributed by atoms with Crippen LogP contribution in [-0.4, -0.2) is 36.4 Å². The Kier molecular flexibility index (Phi) is 10.2. The molecule has 2 N–H and O–H groups in total. The van der Waals surface area contributed by atoms with Gasteiger partial charge in [0.2, 0.25) is 0 Å². The molecular formula is C19H18N4O4S2. The Morgan fingerprint density at radius 3 is 2.03 bits per heavy atom. The van der Waals surface area contributed by atoms with E-state index in [1.807, 2.05) is 12.1 Å². The molecule has 2 aromatic rings. The Balaban J connectivity index is 1.51. The lowest BCUT2D eigenvalue weighted by Crippen LogP contribution is -2.15. The summed E-state index contributed by atoms with van der Waals surface area (Å²) in [4.78, 5) is 29.4. The third-order valence-corrected chi connectivity index (χ3v) is 3.54. The Morgan fingerprint density at radius 2 is 1.45 bits per heavy atom. The number of amides is 1. The molecule has 0 spiro atoms. The van der Waals surface area contributed by atoms with Crippen LogP contribution >= 0.6 is 24.4 Å². The van der Waals surface area contributed by atoms with Gasteiger partial charge in [-0.15, -0.1) is 0 Å². The van der Waals surface area contributed by atoms with Gasteiger partial charge in [0, 0.05) is 17.8 Å². The van der Waals surface area contributed by atoms with Crippen molar-refractivity contribution in [1.29, 1.82) is 0 Å². The quantitative estimate of drug-likeness (QED) is 0.128. The number of nitrogens with one attached hydrogen (secondary N) is 2. The molecule has 0 bridgehead atoms. The molecule has 0 atom stereocenters. The Hall–Kier alpha value is -2.97. The molecule has 0 aliphatic carbocycles. The van der Waals surface area contributed by atoms with Gasteiger partial charge in [0.05, 0.1) is 34.9 Å². The van der Waals surface area contributed by atoms with E-state index in [0.29, 0.717) is 17.8 Å². The highest BCUT2D eigenvalue weighted by Crippen LogP contribution is 2.16. The number of hydrogen-bond acceptors (Lipinski definition) is 9. The number of carbonyl (C=O) groups excluding carboxylic acids is 1. The molecule has 0 radical (unpaired) electrons. The Morgan fingerprint density at radius 1 is 0.862 bits per heavy atom. The van der Waals surface area contributed by atoms with E-state index in [2.05, 4.69) is 55.4 Å². The standard InChI is InChI=1S/C19H18N4O4S2/c24-19(23-18-8-6-17(7-9-18)22-14-29)25-10-1-11-26-27-12-20-15-2-4-16(5-3-15)21-13-28/h2-9,20H,1,10-12H2,(H,23,24). The maximum atomic E-state index is 11.7. The molecule has 0 fully saturated rings. The number of isothiocyanates is 2. The fourth-order valence-electron chi connectivity index (χ4n) is 2.03. The minimum absolute atomic E-state index is 0.167. The van der Waals surface area contributed by atoms with Crippen LogP contribution in [0.3, 0.4) is 0 Å². The molecule has 10 heteroatoms. The van der Waals surface area contributed by atoms with Gasteiger partial charge in [-0.2, -0.15) is 9.98 Å². The molecule has 2 rings (SSSR count). The lowest BCUT2D eigenvalue weighted by atomic mass is 10.3.